The molecule has 0 heterocycles. The fourth-order valence-corrected chi connectivity index (χ4v) is 8.40. The summed E-state index contributed by atoms with van der Waals surface area (Å²) in [7, 11) is -3.10. The summed E-state index contributed by atoms with van der Waals surface area (Å²) in [6.07, 6.45) is -2.94. The summed E-state index contributed by atoms with van der Waals surface area (Å²) < 4.78 is 122. The Balaban J connectivity index is 2.14. The Hall–Kier alpha value is -2.28. The Labute approximate surface area is 191 Å². The molecule has 0 aliphatic heterocycles. The van der Waals surface area contributed by atoms with Crippen LogP contribution in [0, 0.1) is 0 Å². The van der Waals surface area contributed by atoms with Crippen LogP contribution in [-0.4, -0.2) is 30.1 Å². The first-order valence-electron chi connectivity index (χ1n) is 10.3. The van der Waals surface area contributed by atoms with Crippen LogP contribution in [0.15, 0.2) is 84.2 Å². The van der Waals surface area contributed by atoms with Gasteiger partial charge in [-0.15, -0.1) is 0 Å². The molecule has 2 aromatic rings. The first-order chi connectivity index (χ1) is 15.8. The molecule has 0 nitrogen and oxygen atoms in total. The highest BCUT2D eigenvalue weighted by atomic mass is 31.2. The number of hydrogen-bond acceptors (Lipinski definition) is 0. The molecule has 0 bridgehead atoms. The van der Waals surface area contributed by atoms with Crippen molar-refractivity contribution in [1.29, 1.82) is 0 Å². The predicted octanol–water partition coefficient (Wildman–Crippen LogP) is 7.75. The Morgan fingerprint density at radius 2 is 1.15 bits per heavy atom. The minimum absolute atomic E-state index is 0.528. The number of halogens is 9. The summed E-state index contributed by atoms with van der Waals surface area (Å²) in [5.74, 6) is -19.1. The number of hydrogen-bond donors (Lipinski definition) is 0. The van der Waals surface area contributed by atoms with Gasteiger partial charge in [0.1, 0.15) is 23.2 Å². The molecule has 0 fully saturated rings. The fourth-order valence-electron chi connectivity index (χ4n) is 3.95. The van der Waals surface area contributed by atoms with Crippen molar-refractivity contribution in [1.82, 2.24) is 0 Å². The van der Waals surface area contributed by atoms with Gasteiger partial charge in [0.25, 0.3) is 0 Å². The van der Waals surface area contributed by atoms with Crippen LogP contribution < -0.4 is 10.6 Å². The number of benzene rings is 2. The molecule has 2 aromatic carbocycles. The molecule has 10 heteroatoms. The van der Waals surface area contributed by atoms with Crippen LogP contribution >= 0.6 is 7.26 Å². The van der Waals surface area contributed by atoms with Crippen LogP contribution in [-0.2, 0) is 0 Å². The van der Waals surface area contributed by atoms with Gasteiger partial charge in [-0.05, 0) is 49.3 Å². The molecule has 34 heavy (non-hydrogen) atoms. The molecule has 184 valence electrons. The highest BCUT2D eigenvalue weighted by Crippen LogP contribution is 2.66. The van der Waals surface area contributed by atoms with Crippen LogP contribution in [0.2, 0.25) is 0 Å². The predicted molar refractivity (Wildman–Crippen MR) is 116 cm³/mol. The van der Waals surface area contributed by atoms with Crippen molar-refractivity contribution in [3.05, 3.63) is 84.2 Å². The van der Waals surface area contributed by atoms with Gasteiger partial charge in [-0.25, -0.2) is 0 Å². The van der Waals surface area contributed by atoms with Crippen molar-refractivity contribution < 1.29 is 39.5 Å². The second-order valence-electron chi connectivity index (χ2n) is 7.91. The molecule has 1 aliphatic rings. The third kappa shape index (κ3) is 4.51. The molecular formula is C24H21F9P+. The monoisotopic (exact) mass is 511 g/mol. The van der Waals surface area contributed by atoms with E-state index >= 15 is 0 Å². The molecule has 1 aliphatic carbocycles. The zero-order valence-corrected chi connectivity index (χ0v) is 18.6. The summed E-state index contributed by atoms with van der Waals surface area (Å²) in [4.78, 5) is 0. The lowest BCUT2D eigenvalue weighted by molar-refractivity contribution is -0.396. The van der Waals surface area contributed by atoms with Crippen molar-refractivity contribution in [3.8, 4) is 0 Å². The SMILES string of the molecule is FC(F)(F)C(F)(F)C(F)(F)C(F)(F)CC[P+](C1=CCCC=C1)(c1ccccc1)c1ccccc1. The average molecular weight is 511 g/mol. The first kappa shape index (κ1) is 26.3. The highest BCUT2D eigenvalue weighted by molar-refractivity contribution is 7.93. The van der Waals surface area contributed by atoms with Crippen LogP contribution in [0.5, 0.6) is 0 Å². The molecule has 0 saturated heterocycles. The largest absolute Gasteiger partial charge is 0.460 e. The minimum atomic E-state index is -6.89. The van der Waals surface area contributed by atoms with Crippen molar-refractivity contribution in [3.63, 3.8) is 0 Å². The van der Waals surface area contributed by atoms with Gasteiger partial charge >= 0.3 is 23.9 Å². The minimum Gasteiger partial charge on any atom is -0.199 e. The lowest BCUT2D eigenvalue weighted by Gasteiger charge is -2.35. The average Bonchev–Trinajstić information content (AvgIpc) is 2.80. The lowest BCUT2D eigenvalue weighted by atomic mass is 10.0. The third-order valence-corrected chi connectivity index (χ3v) is 10.2. The number of allylic oxidation sites excluding steroid dienone is 4. The molecule has 0 atom stereocenters. The molecular weight excluding hydrogens is 490 g/mol. The quantitative estimate of drug-likeness (QED) is 0.251. The van der Waals surface area contributed by atoms with Gasteiger partial charge in [-0.1, -0.05) is 42.5 Å². The zero-order chi connectivity index (χ0) is 25.3. The second kappa shape index (κ2) is 9.40. The molecule has 0 saturated carbocycles. The second-order valence-corrected chi connectivity index (χ2v) is 11.5. The van der Waals surface area contributed by atoms with Crippen molar-refractivity contribution in [2.45, 2.75) is 43.2 Å². The van der Waals surface area contributed by atoms with E-state index in [0.717, 1.165) is 0 Å². The van der Waals surface area contributed by atoms with Crippen LogP contribution in [0.25, 0.3) is 0 Å². The van der Waals surface area contributed by atoms with Crippen LogP contribution in [0.3, 0.4) is 0 Å². The smallest absolute Gasteiger partial charge is 0.199 e. The molecule has 0 N–H and O–H groups in total. The summed E-state index contributed by atoms with van der Waals surface area (Å²) in [5, 5.41) is 1.64. The normalized spacial score (nSPS) is 15.9. The Kier molecular flexibility index (Phi) is 7.28. The van der Waals surface area contributed by atoms with Gasteiger partial charge in [-0.2, -0.15) is 39.5 Å². The van der Waals surface area contributed by atoms with Crippen LogP contribution in [0.1, 0.15) is 19.3 Å². The lowest BCUT2D eigenvalue weighted by Crippen LogP contribution is -2.61. The molecule has 0 amide bonds. The Morgan fingerprint density at radius 3 is 1.56 bits per heavy atom. The third-order valence-electron chi connectivity index (χ3n) is 5.78. The molecule has 0 spiro atoms. The van der Waals surface area contributed by atoms with Gasteiger partial charge in [0.2, 0.25) is 0 Å². The highest BCUT2D eigenvalue weighted by Gasteiger charge is 2.81. The number of rotatable bonds is 8. The molecule has 0 aromatic heterocycles. The van der Waals surface area contributed by atoms with Gasteiger partial charge in [0.15, 0.2) is 0 Å². The van der Waals surface area contributed by atoms with Crippen molar-refractivity contribution in [2.24, 2.45) is 0 Å². The van der Waals surface area contributed by atoms with Gasteiger partial charge in [0, 0.05) is 0 Å². The number of alkyl halides is 9. The van der Waals surface area contributed by atoms with E-state index in [1.165, 1.54) is 0 Å². The van der Waals surface area contributed by atoms with E-state index in [1.54, 1.807) is 78.9 Å². The molecule has 0 radical (unpaired) electrons. The summed E-state index contributed by atoms with van der Waals surface area (Å²) in [6.45, 7) is 0. The maximum atomic E-state index is 14.6. The summed E-state index contributed by atoms with van der Waals surface area (Å²) >= 11 is 0. The summed E-state index contributed by atoms with van der Waals surface area (Å²) in [6, 6.07) is 16.4. The van der Waals surface area contributed by atoms with E-state index in [2.05, 4.69) is 0 Å². The fraction of sp³-hybridized carbons (Fsp3) is 0.333. The van der Waals surface area contributed by atoms with Crippen LogP contribution in [0.4, 0.5) is 39.5 Å². The van der Waals surface area contributed by atoms with E-state index in [0.29, 0.717) is 28.8 Å². The first-order valence-corrected chi connectivity index (χ1v) is 12.3. The van der Waals surface area contributed by atoms with Gasteiger partial charge in [-0.3, -0.25) is 0 Å². The van der Waals surface area contributed by atoms with E-state index in [4.69, 9.17) is 0 Å². The van der Waals surface area contributed by atoms with E-state index in [1.807, 2.05) is 0 Å². The Bertz CT molecular complexity index is 986. The van der Waals surface area contributed by atoms with E-state index in [-0.39, 0.29) is 0 Å². The Morgan fingerprint density at radius 1 is 0.647 bits per heavy atom. The summed E-state index contributed by atoms with van der Waals surface area (Å²) in [5.41, 5.74) is 0. The van der Waals surface area contributed by atoms with Gasteiger partial charge < -0.3 is 0 Å². The van der Waals surface area contributed by atoms with E-state index in [9.17, 15) is 39.5 Å². The van der Waals surface area contributed by atoms with Crippen molar-refractivity contribution >= 4 is 17.9 Å². The standard InChI is InChI=1S/C24H21F9P/c25-21(26,22(27,28)23(29,30)24(31,32)33)16-17-34(18-10-4-1-5-11-18,19-12-6-2-7-13-19)20-14-8-3-9-15-20/h1-2,4-8,10-15H,3,9,16-17H2/q+1. The van der Waals surface area contributed by atoms with Gasteiger partial charge in [0.05, 0.1) is 12.6 Å². The zero-order valence-electron chi connectivity index (χ0n) is 17.7. The molecule has 3 rings (SSSR count). The van der Waals surface area contributed by atoms with E-state index < -0.39 is 43.8 Å². The maximum absolute atomic E-state index is 14.6. The maximum Gasteiger partial charge on any atom is 0.460 e. The van der Waals surface area contributed by atoms with Crippen molar-refractivity contribution in [2.75, 3.05) is 6.16 Å². The molecule has 0 unspecified atom stereocenters. The topological polar surface area (TPSA) is 0 Å².